The molecule has 18 heavy (non-hydrogen) atoms. The molecule has 8 heteroatoms. The molecule has 0 radical (unpaired) electrons. The molecule has 0 amide bonds. The largest absolute Gasteiger partial charge is 0.387 e. The predicted octanol–water partition coefficient (Wildman–Crippen LogP) is 0.253. The Morgan fingerprint density at radius 1 is 1.33 bits per heavy atom. The third kappa shape index (κ3) is 1.63. The minimum Gasteiger partial charge on any atom is -0.387 e. The minimum atomic E-state index is 0.158. The van der Waals surface area contributed by atoms with Crippen molar-refractivity contribution in [2.75, 3.05) is 0 Å². The molecule has 0 spiro atoms. The van der Waals surface area contributed by atoms with Gasteiger partial charge in [-0.1, -0.05) is 12.2 Å². The summed E-state index contributed by atoms with van der Waals surface area (Å²) in [6, 6.07) is 1.92. The first-order valence-corrected chi connectivity index (χ1v) is 5.59. The number of thiocarbonyl (C=S) groups is 1. The minimum absolute atomic E-state index is 0.158. The third-order valence-corrected chi connectivity index (χ3v) is 2.60. The van der Waals surface area contributed by atoms with Gasteiger partial charge < -0.3 is 5.73 Å². The summed E-state index contributed by atoms with van der Waals surface area (Å²) in [7, 11) is 0. The van der Waals surface area contributed by atoms with Gasteiger partial charge in [0, 0.05) is 12.4 Å². The molecule has 0 aliphatic rings. The summed E-state index contributed by atoms with van der Waals surface area (Å²) in [5.41, 5.74) is 7.22. The summed E-state index contributed by atoms with van der Waals surface area (Å²) in [5, 5.41) is 8.48. The van der Waals surface area contributed by atoms with Crippen molar-refractivity contribution in [1.29, 1.82) is 0 Å². The van der Waals surface area contributed by atoms with Gasteiger partial charge in [-0.15, -0.1) is 5.10 Å². The fraction of sp³-hybridized carbons (Fsp3) is 0.100. The van der Waals surface area contributed by atoms with Crippen molar-refractivity contribution >= 4 is 22.7 Å². The van der Waals surface area contributed by atoms with Gasteiger partial charge in [0.15, 0.2) is 5.82 Å². The molecule has 0 aliphatic heterocycles. The molecule has 0 aliphatic carbocycles. The Morgan fingerprint density at radius 3 is 2.89 bits per heavy atom. The standard InChI is InChI=1S/C10H9N7S/c1-6-4-7-10(12-2-3-16(7)14-6)17-5-13-9(15-17)8(11)18/h2-5H,1H3,(H2,11,18). The Morgan fingerprint density at radius 2 is 2.17 bits per heavy atom. The molecule has 0 unspecified atom stereocenters. The van der Waals surface area contributed by atoms with Gasteiger partial charge in [0.2, 0.25) is 5.82 Å². The van der Waals surface area contributed by atoms with Crippen molar-refractivity contribution in [2.24, 2.45) is 5.73 Å². The van der Waals surface area contributed by atoms with E-state index in [1.54, 1.807) is 16.9 Å². The lowest BCUT2D eigenvalue weighted by atomic mass is 10.4. The zero-order chi connectivity index (χ0) is 12.7. The molecule has 0 atom stereocenters. The van der Waals surface area contributed by atoms with Crippen molar-refractivity contribution in [3.63, 3.8) is 0 Å². The van der Waals surface area contributed by atoms with E-state index in [2.05, 4.69) is 20.2 Å². The van der Waals surface area contributed by atoms with E-state index in [0.717, 1.165) is 11.2 Å². The second-order valence-electron chi connectivity index (χ2n) is 3.74. The van der Waals surface area contributed by atoms with E-state index in [0.29, 0.717) is 11.6 Å². The highest BCUT2D eigenvalue weighted by molar-refractivity contribution is 7.80. The summed E-state index contributed by atoms with van der Waals surface area (Å²) >= 11 is 4.83. The van der Waals surface area contributed by atoms with Crippen LogP contribution < -0.4 is 5.73 Å². The van der Waals surface area contributed by atoms with Crippen LogP contribution in [0.25, 0.3) is 11.3 Å². The first-order chi connectivity index (χ1) is 8.65. The number of rotatable bonds is 2. The van der Waals surface area contributed by atoms with Crippen LogP contribution in [0.1, 0.15) is 11.5 Å². The number of fused-ring (bicyclic) bond motifs is 1. The molecule has 3 heterocycles. The second kappa shape index (κ2) is 3.84. The van der Waals surface area contributed by atoms with E-state index in [1.165, 1.54) is 11.0 Å². The molecule has 90 valence electrons. The van der Waals surface area contributed by atoms with E-state index in [1.807, 2.05) is 13.0 Å². The maximum Gasteiger partial charge on any atom is 0.208 e. The smallest absolute Gasteiger partial charge is 0.208 e. The molecule has 3 rings (SSSR count). The Kier molecular flexibility index (Phi) is 2.30. The van der Waals surface area contributed by atoms with E-state index >= 15 is 0 Å². The lowest BCUT2D eigenvalue weighted by Crippen LogP contribution is -2.12. The molecular formula is C10H9N7S. The number of aromatic nitrogens is 6. The first kappa shape index (κ1) is 10.8. The summed E-state index contributed by atoms with van der Waals surface area (Å²) in [4.78, 5) is 8.46. The average molecular weight is 259 g/mol. The van der Waals surface area contributed by atoms with E-state index in [-0.39, 0.29) is 4.99 Å². The zero-order valence-electron chi connectivity index (χ0n) is 9.48. The molecule has 0 fully saturated rings. The zero-order valence-corrected chi connectivity index (χ0v) is 10.3. The maximum atomic E-state index is 5.48. The molecule has 3 aromatic heterocycles. The number of nitrogens with two attached hydrogens (primary N) is 1. The van der Waals surface area contributed by atoms with Crippen LogP contribution in [0.3, 0.4) is 0 Å². The van der Waals surface area contributed by atoms with Gasteiger partial charge in [0.05, 0.1) is 5.69 Å². The Hall–Kier alpha value is -2.35. The number of hydrogen-bond acceptors (Lipinski definition) is 5. The van der Waals surface area contributed by atoms with Gasteiger partial charge in [-0.05, 0) is 13.0 Å². The normalized spacial score (nSPS) is 10.9. The molecule has 0 saturated heterocycles. The Bertz CT molecular complexity index is 742. The SMILES string of the molecule is Cc1cc2c(-n3cnc(C(N)=S)n3)nccn2n1. The highest BCUT2D eigenvalue weighted by Crippen LogP contribution is 2.13. The Labute approximate surface area is 107 Å². The maximum absolute atomic E-state index is 5.48. The Balaban J connectivity index is 2.21. The van der Waals surface area contributed by atoms with Gasteiger partial charge in [0.25, 0.3) is 0 Å². The molecule has 2 N–H and O–H groups in total. The lowest BCUT2D eigenvalue weighted by molar-refractivity contribution is 0.826. The van der Waals surface area contributed by atoms with Crippen LogP contribution in [-0.4, -0.2) is 34.4 Å². The van der Waals surface area contributed by atoms with Gasteiger partial charge in [-0.3, -0.25) is 0 Å². The molecule has 0 saturated carbocycles. The van der Waals surface area contributed by atoms with Crippen LogP contribution in [0, 0.1) is 6.92 Å². The number of aryl methyl sites for hydroxylation is 1. The molecule has 7 nitrogen and oxygen atoms in total. The summed E-state index contributed by atoms with van der Waals surface area (Å²) in [6.07, 6.45) is 4.95. The first-order valence-electron chi connectivity index (χ1n) is 5.18. The summed E-state index contributed by atoms with van der Waals surface area (Å²) in [6.45, 7) is 1.92. The van der Waals surface area contributed by atoms with Crippen molar-refractivity contribution in [1.82, 2.24) is 29.4 Å². The van der Waals surface area contributed by atoms with Gasteiger partial charge in [-0.2, -0.15) is 9.78 Å². The van der Waals surface area contributed by atoms with Gasteiger partial charge in [-0.25, -0.2) is 14.5 Å². The van der Waals surface area contributed by atoms with Crippen molar-refractivity contribution < 1.29 is 0 Å². The monoisotopic (exact) mass is 259 g/mol. The van der Waals surface area contributed by atoms with Gasteiger partial charge >= 0.3 is 0 Å². The van der Waals surface area contributed by atoms with Crippen molar-refractivity contribution in [2.45, 2.75) is 6.92 Å². The lowest BCUT2D eigenvalue weighted by Gasteiger charge is -2.00. The molecule has 0 aromatic carbocycles. The molecular weight excluding hydrogens is 250 g/mol. The van der Waals surface area contributed by atoms with E-state index in [9.17, 15) is 0 Å². The second-order valence-corrected chi connectivity index (χ2v) is 4.18. The van der Waals surface area contributed by atoms with Crippen molar-refractivity contribution in [3.8, 4) is 5.82 Å². The molecule has 3 aromatic rings. The predicted molar refractivity (Wildman–Crippen MR) is 68.5 cm³/mol. The quantitative estimate of drug-likeness (QED) is 0.664. The van der Waals surface area contributed by atoms with E-state index < -0.39 is 0 Å². The van der Waals surface area contributed by atoms with Gasteiger partial charge in [0.1, 0.15) is 16.8 Å². The average Bonchev–Trinajstić information content (AvgIpc) is 2.92. The van der Waals surface area contributed by atoms with Crippen LogP contribution in [0.5, 0.6) is 0 Å². The fourth-order valence-corrected chi connectivity index (χ4v) is 1.78. The topological polar surface area (TPSA) is 86.9 Å². The van der Waals surface area contributed by atoms with Crippen LogP contribution in [-0.2, 0) is 0 Å². The summed E-state index contributed by atoms with van der Waals surface area (Å²) in [5.74, 6) is 0.957. The summed E-state index contributed by atoms with van der Waals surface area (Å²) < 4.78 is 3.27. The highest BCUT2D eigenvalue weighted by Gasteiger charge is 2.10. The third-order valence-electron chi connectivity index (χ3n) is 2.42. The van der Waals surface area contributed by atoms with Crippen LogP contribution in [0.2, 0.25) is 0 Å². The van der Waals surface area contributed by atoms with Crippen molar-refractivity contribution in [3.05, 3.63) is 36.3 Å². The van der Waals surface area contributed by atoms with Crippen LogP contribution >= 0.6 is 12.2 Å². The number of nitrogens with zero attached hydrogens (tertiary/aromatic N) is 6. The fourth-order valence-electron chi connectivity index (χ4n) is 1.69. The van der Waals surface area contributed by atoms with Crippen LogP contribution in [0.4, 0.5) is 0 Å². The van der Waals surface area contributed by atoms with Crippen LogP contribution in [0.15, 0.2) is 24.8 Å². The number of hydrogen-bond donors (Lipinski definition) is 1. The molecule has 0 bridgehead atoms. The highest BCUT2D eigenvalue weighted by atomic mass is 32.1. The van der Waals surface area contributed by atoms with E-state index in [4.69, 9.17) is 18.0 Å².